The van der Waals surface area contributed by atoms with Crippen LogP contribution >= 0.6 is 0 Å². The van der Waals surface area contributed by atoms with Gasteiger partial charge in [-0.3, -0.25) is 4.79 Å². The Kier molecular flexibility index (Phi) is 3.11. The summed E-state index contributed by atoms with van der Waals surface area (Å²) in [6.45, 7) is 1.69. The molecule has 1 amide bonds. The normalized spacial score (nSPS) is 18.5. The minimum atomic E-state index is -0.685. The van der Waals surface area contributed by atoms with Gasteiger partial charge in [0, 0.05) is 17.8 Å². The summed E-state index contributed by atoms with van der Waals surface area (Å²) < 4.78 is 12.9. The van der Waals surface area contributed by atoms with E-state index in [1.165, 1.54) is 12.3 Å². The summed E-state index contributed by atoms with van der Waals surface area (Å²) in [4.78, 5) is 15.3. The van der Waals surface area contributed by atoms with E-state index in [9.17, 15) is 14.3 Å². The predicted octanol–water partition coefficient (Wildman–Crippen LogP) is 1.11. The highest BCUT2D eigenvalue weighted by molar-refractivity contribution is 5.94. The van der Waals surface area contributed by atoms with Crippen LogP contribution in [0.5, 0.6) is 0 Å². The summed E-state index contributed by atoms with van der Waals surface area (Å²) in [6, 6.07) is 2.53. The van der Waals surface area contributed by atoms with Crippen LogP contribution in [0.1, 0.15) is 30.1 Å². The number of aromatic nitrogens is 1. The summed E-state index contributed by atoms with van der Waals surface area (Å²) in [5, 5.41) is 12.1. The molecule has 0 spiro atoms. The third-order valence-electron chi connectivity index (χ3n) is 3.19. The quantitative estimate of drug-likeness (QED) is 0.772. The Morgan fingerprint density at radius 1 is 1.71 bits per heavy atom. The molecule has 17 heavy (non-hydrogen) atoms. The number of carbonyl (C=O) groups is 1. The van der Waals surface area contributed by atoms with Gasteiger partial charge in [-0.15, -0.1) is 0 Å². The lowest BCUT2D eigenvalue weighted by molar-refractivity contribution is 0.0824. The lowest BCUT2D eigenvalue weighted by Crippen LogP contribution is -2.50. The van der Waals surface area contributed by atoms with Crippen LogP contribution in [0.4, 0.5) is 4.39 Å². The van der Waals surface area contributed by atoms with E-state index < -0.39 is 11.5 Å². The maximum absolute atomic E-state index is 12.9. The van der Waals surface area contributed by atoms with Crippen molar-refractivity contribution in [1.29, 1.82) is 0 Å². The molecule has 92 valence electrons. The van der Waals surface area contributed by atoms with Gasteiger partial charge in [-0.2, -0.15) is 4.39 Å². The Balaban J connectivity index is 2.10. The van der Waals surface area contributed by atoms with Crippen LogP contribution in [0, 0.1) is 11.9 Å². The molecule has 2 rings (SSSR count). The maximum atomic E-state index is 12.9. The van der Waals surface area contributed by atoms with Crippen molar-refractivity contribution in [1.82, 2.24) is 10.3 Å². The first kappa shape index (κ1) is 12.0. The number of halogens is 1. The van der Waals surface area contributed by atoms with E-state index in [4.69, 9.17) is 0 Å². The van der Waals surface area contributed by atoms with Crippen molar-refractivity contribution < 1.29 is 14.3 Å². The van der Waals surface area contributed by atoms with Gasteiger partial charge in [0.15, 0.2) is 0 Å². The van der Waals surface area contributed by atoms with E-state index in [0.29, 0.717) is 5.92 Å². The number of nitrogens with one attached hydrogen (secondary N) is 1. The van der Waals surface area contributed by atoms with E-state index in [0.717, 1.165) is 18.9 Å². The molecule has 0 bridgehead atoms. The maximum Gasteiger partial charge on any atom is 0.252 e. The van der Waals surface area contributed by atoms with E-state index in [1.807, 2.05) is 0 Å². The zero-order chi connectivity index (χ0) is 12.5. The van der Waals surface area contributed by atoms with E-state index in [2.05, 4.69) is 10.3 Å². The number of hydrogen-bond acceptors (Lipinski definition) is 3. The van der Waals surface area contributed by atoms with E-state index >= 15 is 0 Å². The number of rotatable bonds is 4. The number of aliphatic hydroxyl groups is 1. The summed E-state index contributed by atoms with van der Waals surface area (Å²) in [5.74, 6) is -0.757. The molecule has 1 aromatic heterocycles. The number of aliphatic hydroxyl groups excluding tert-OH is 1. The highest BCUT2D eigenvalue weighted by atomic mass is 19.1. The smallest absolute Gasteiger partial charge is 0.252 e. The van der Waals surface area contributed by atoms with Crippen molar-refractivity contribution >= 4 is 5.91 Å². The zero-order valence-electron chi connectivity index (χ0n) is 9.61. The van der Waals surface area contributed by atoms with E-state index in [1.54, 1.807) is 6.92 Å². The highest BCUT2D eigenvalue weighted by Gasteiger charge is 2.42. The number of amides is 1. The molecule has 1 aliphatic rings. The Morgan fingerprint density at radius 3 is 2.94 bits per heavy atom. The molecule has 0 radical (unpaired) electrons. The first-order valence-corrected chi connectivity index (χ1v) is 5.60. The Labute approximate surface area is 98.9 Å². The van der Waals surface area contributed by atoms with Crippen molar-refractivity contribution in [3.63, 3.8) is 0 Å². The van der Waals surface area contributed by atoms with Gasteiger partial charge in [-0.05, 0) is 31.7 Å². The average Bonchev–Trinajstić information content (AvgIpc) is 3.13. The van der Waals surface area contributed by atoms with Gasteiger partial charge in [-0.1, -0.05) is 0 Å². The number of pyridine rings is 1. The van der Waals surface area contributed by atoms with Crippen LogP contribution in [0.15, 0.2) is 18.3 Å². The second kappa shape index (κ2) is 4.41. The Bertz CT molecular complexity index is 434. The first-order chi connectivity index (χ1) is 8.05. The molecule has 1 fully saturated rings. The predicted molar refractivity (Wildman–Crippen MR) is 59.9 cm³/mol. The van der Waals surface area contributed by atoms with Crippen molar-refractivity contribution in [2.75, 3.05) is 6.61 Å². The lowest BCUT2D eigenvalue weighted by atomic mass is 9.96. The Morgan fingerprint density at radius 2 is 2.41 bits per heavy atom. The van der Waals surface area contributed by atoms with Gasteiger partial charge in [0.1, 0.15) is 0 Å². The van der Waals surface area contributed by atoms with Crippen LogP contribution < -0.4 is 5.32 Å². The van der Waals surface area contributed by atoms with Crippen molar-refractivity contribution in [2.45, 2.75) is 25.3 Å². The van der Waals surface area contributed by atoms with Crippen LogP contribution in [0.25, 0.3) is 0 Å². The molecule has 1 saturated carbocycles. The van der Waals surface area contributed by atoms with Gasteiger partial charge in [0.25, 0.3) is 5.91 Å². The van der Waals surface area contributed by atoms with Crippen LogP contribution in [0.2, 0.25) is 0 Å². The van der Waals surface area contributed by atoms with E-state index in [-0.39, 0.29) is 18.1 Å². The SMILES string of the molecule is CC(CO)(NC(=O)c1ccnc(F)c1)C1CC1. The lowest BCUT2D eigenvalue weighted by Gasteiger charge is -2.28. The van der Waals surface area contributed by atoms with Gasteiger partial charge >= 0.3 is 0 Å². The molecule has 1 heterocycles. The fourth-order valence-corrected chi connectivity index (χ4v) is 1.87. The first-order valence-electron chi connectivity index (χ1n) is 5.60. The third kappa shape index (κ3) is 2.61. The van der Waals surface area contributed by atoms with Crippen molar-refractivity contribution in [3.8, 4) is 0 Å². The van der Waals surface area contributed by atoms with Crippen molar-refractivity contribution in [3.05, 3.63) is 29.8 Å². The monoisotopic (exact) mass is 238 g/mol. The topological polar surface area (TPSA) is 62.2 Å². The number of carbonyl (C=O) groups excluding carboxylic acids is 1. The number of hydrogen-bond donors (Lipinski definition) is 2. The molecule has 4 nitrogen and oxygen atoms in total. The van der Waals surface area contributed by atoms with Crippen LogP contribution in [-0.2, 0) is 0 Å². The standard InChI is InChI=1S/C12H15FN2O2/c1-12(7-16,9-2-3-9)15-11(17)8-4-5-14-10(13)6-8/h4-6,9,16H,2-3,7H2,1H3,(H,15,17). The second-order valence-corrected chi connectivity index (χ2v) is 4.67. The van der Waals surface area contributed by atoms with Crippen molar-refractivity contribution in [2.24, 2.45) is 5.92 Å². The molecule has 2 N–H and O–H groups in total. The largest absolute Gasteiger partial charge is 0.394 e. The van der Waals surface area contributed by atoms with Gasteiger partial charge < -0.3 is 10.4 Å². The summed E-state index contributed by atoms with van der Waals surface area (Å²) >= 11 is 0. The third-order valence-corrected chi connectivity index (χ3v) is 3.19. The zero-order valence-corrected chi connectivity index (χ0v) is 9.61. The molecule has 5 heteroatoms. The highest BCUT2D eigenvalue weighted by Crippen LogP contribution is 2.39. The molecule has 0 saturated heterocycles. The van der Waals surface area contributed by atoms with Gasteiger partial charge in [0.05, 0.1) is 12.1 Å². The fourth-order valence-electron chi connectivity index (χ4n) is 1.87. The molecular formula is C12H15FN2O2. The molecule has 1 unspecified atom stereocenters. The summed E-state index contributed by atoms with van der Waals surface area (Å²) in [5.41, 5.74) is -0.394. The van der Waals surface area contributed by atoms with Gasteiger partial charge in [-0.25, -0.2) is 4.98 Å². The average molecular weight is 238 g/mol. The molecule has 1 aromatic rings. The summed E-state index contributed by atoms with van der Waals surface area (Å²) in [7, 11) is 0. The van der Waals surface area contributed by atoms with Crippen LogP contribution in [-0.4, -0.2) is 28.1 Å². The second-order valence-electron chi connectivity index (χ2n) is 4.67. The Hall–Kier alpha value is -1.49. The summed E-state index contributed by atoms with van der Waals surface area (Å²) in [6.07, 6.45) is 3.25. The molecular weight excluding hydrogens is 223 g/mol. The number of nitrogens with zero attached hydrogens (tertiary/aromatic N) is 1. The molecule has 1 aliphatic carbocycles. The molecule has 0 aromatic carbocycles. The van der Waals surface area contributed by atoms with Crippen LogP contribution in [0.3, 0.4) is 0 Å². The van der Waals surface area contributed by atoms with Gasteiger partial charge in [0.2, 0.25) is 5.95 Å². The fraction of sp³-hybridized carbons (Fsp3) is 0.500. The molecule has 0 aliphatic heterocycles. The molecule has 1 atom stereocenters. The minimum absolute atomic E-state index is 0.114. The minimum Gasteiger partial charge on any atom is -0.394 e.